The van der Waals surface area contributed by atoms with Crippen molar-refractivity contribution < 1.29 is 4.79 Å². The van der Waals surface area contributed by atoms with Gasteiger partial charge in [-0.05, 0) is 42.8 Å². The number of rotatable bonds is 4. The second kappa shape index (κ2) is 6.12. The van der Waals surface area contributed by atoms with Gasteiger partial charge in [0.05, 0.1) is 0 Å². The van der Waals surface area contributed by atoms with E-state index in [-0.39, 0.29) is 5.78 Å². The zero-order valence-corrected chi connectivity index (χ0v) is 11.0. The Morgan fingerprint density at radius 2 is 1.72 bits per heavy atom. The van der Waals surface area contributed by atoms with Crippen molar-refractivity contribution in [2.24, 2.45) is 0 Å². The molecule has 0 aliphatic heterocycles. The van der Waals surface area contributed by atoms with Gasteiger partial charge in [-0.25, -0.2) is 0 Å². The lowest BCUT2D eigenvalue weighted by Crippen LogP contribution is -1.83. The minimum atomic E-state index is 0.00454. The summed E-state index contributed by atoms with van der Waals surface area (Å²) in [7, 11) is 0. The van der Waals surface area contributed by atoms with Crippen LogP contribution in [0.25, 0.3) is 12.2 Å². The van der Waals surface area contributed by atoms with E-state index >= 15 is 0 Å². The predicted molar refractivity (Wildman–Crippen MR) is 78.6 cm³/mol. The molecular formula is C16H14OS. The van der Waals surface area contributed by atoms with E-state index in [2.05, 4.69) is 13.0 Å². The minimum absolute atomic E-state index is 0.00454. The van der Waals surface area contributed by atoms with Gasteiger partial charge in [0.2, 0.25) is 0 Å². The third-order valence-corrected chi connectivity index (χ3v) is 3.38. The molecule has 2 heteroatoms. The van der Waals surface area contributed by atoms with Gasteiger partial charge in [0.15, 0.2) is 5.78 Å². The van der Waals surface area contributed by atoms with Crippen LogP contribution in [0.15, 0.2) is 54.6 Å². The monoisotopic (exact) mass is 254 g/mol. The Kier molecular flexibility index (Phi) is 4.26. The van der Waals surface area contributed by atoms with Gasteiger partial charge in [-0.15, -0.1) is 11.3 Å². The number of benzene rings is 1. The zero-order chi connectivity index (χ0) is 12.8. The molecule has 0 bridgehead atoms. The van der Waals surface area contributed by atoms with E-state index in [9.17, 15) is 4.79 Å². The number of carbonyl (C=O) groups is 1. The Morgan fingerprint density at radius 3 is 2.39 bits per heavy atom. The standard InChI is InChI=1S/C16H14OS/c1-13-7-11-16(18-13)12-10-15(17)9-8-14-5-3-2-4-6-14/h2-12H,1H3/b9-8+,12-10+. The third-order valence-electron chi connectivity index (χ3n) is 2.41. The van der Waals surface area contributed by atoms with Crippen molar-refractivity contribution in [2.75, 3.05) is 0 Å². The van der Waals surface area contributed by atoms with Crippen LogP contribution in [0.4, 0.5) is 0 Å². The van der Waals surface area contributed by atoms with Gasteiger partial charge >= 0.3 is 0 Å². The fourth-order valence-corrected chi connectivity index (χ4v) is 2.29. The van der Waals surface area contributed by atoms with E-state index in [1.165, 1.54) is 4.88 Å². The number of carbonyl (C=O) groups excluding carboxylic acids is 1. The molecule has 90 valence electrons. The van der Waals surface area contributed by atoms with Crippen molar-refractivity contribution in [3.63, 3.8) is 0 Å². The molecule has 0 fully saturated rings. The van der Waals surface area contributed by atoms with Crippen molar-refractivity contribution >= 4 is 29.3 Å². The second-order valence-corrected chi connectivity index (χ2v) is 5.25. The lowest BCUT2D eigenvalue weighted by Gasteiger charge is -1.89. The first kappa shape index (κ1) is 12.5. The normalized spacial score (nSPS) is 11.4. The molecule has 1 heterocycles. The van der Waals surface area contributed by atoms with Gasteiger partial charge < -0.3 is 0 Å². The van der Waals surface area contributed by atoms with Crippen LogP contribution in [0.2, 0.25) is 0 Å². The van der Waals surface area contributed by atoms with Crippen molar-refractivity contribution in [2.45, 2.75) is 6.92 Å². The Balaban J connectivity index is 1.97. The second-order valence-electron chi connectivity index (χ2n) is 3.93. The average Bonchev–Trinajstić information content (AvgIpc) is 2.81. The molecule has 0 aliphatic carbocycles. The first-order valence-corrected chi connectivity index (χ1v) is 6.57. The summed E-state index contributed by atoms with van der Waals surface area (Å²) >= 11 is 1.68. The molecule has 18 heavy (non-hydrogen) atoms. The van der Waals surface area contributed by atoms with E-state index in [0.29, 0.717) is 0 Å². The summed E-state index contributed by atoms with van der Waals surface area (Å²) in [6.07, 6.45) is 6.87. The first-order valence-electron chi connectivity index (χ1n) is 5.76. The van der Waals surface area contributed by atoms with E-state index in [4.69, 9.17) is 0 Å². The lowest BCUT2D eigenvalue weighted by atomic mass is 10.2. The zero-order valence-electron chi connectivity index (χ0n) is 10.2. The Bertz CT molecular complexity index is 576. The number of ketones is 1. The number of allylic oxidation sites excluding steroid dienone is 2. The fourth-order valence-electron chi connectivity index (χ4n) is 1.51. The number of hydrogen-bond donors (Lipinski definition) is 0. The highest BCUT2D eigenvalue weighted by Gasteiger charge is 1.93. The lowest BCUT2D eigenvalue weighted by molar-refractivity contribution is -0.110. The smallest absolute Gasteiger partial charge is 0.178 e. The molecular weight excluding hydrogens is 240 g/mol. The summed E-state index contributed by atoms with van der Waals surface area (Å²) < 4.78 is 0. The Morgan fingerprint density at radius 1 is 1.00 bits per heavy atom. The van der Waals surface area contributed by atoms with Crippen LogP contribution in [0.3, 0.4) is 0 Å². The molecule has 0 atom stereocenters. The number of aryl methyl sites for hydroxylation is 1. The predicted octanol–water partition coefficient (Wildman–Crippen LogP) is 4.35. The molecule has 0 radical (unpaired) electrons. The van der Waals surface area contributed by atoms with Crippen LogP contribution in [0.1, 0.15) is 15.3 Å². The fraction of sp³-hybridized carbons (Fsp3) is 0.0625. The molecule has 0 unspecified atom stereocenters. The molecule has 0 aliphatic rings. The summed E-state index contributed by atoms with van der Waals surface area (Å²) in [4.78, 5) is 14.0. The van der Waals surface area contributed by atoms with Gasteiger partial charge in [-0.2, -0.15) is 0 Å². The maximum atomic E-state index is 11.6. The third kappa shape index (κ3) is 3.82. The Hall–Kier alpha value is -1.93. The molecule has 0 saturated carbocycles. The molecule has 0 N–H and O–H groups in total. The highest BCUT2D eigenvalue weighted by atomic mass is 32.1. The first-order chi connectivity index (χ1) is 8.74. The summed E-state index contributed by atoms with van der Waals surface area (Å²) in [6.45, 7) is 2.05. The van der Waals surface area contributed by atoms with Crippen LogP contribution >= 0.6 is 11.3 Å². The van der Waals surface area contributed by atoms with Crippen molar-refractivity contribution in [3.05, 3.63) is 69.9 Å². The molecule has 0 spiro atoms. The molecule has 2 rings (SSSR count). The van der Waals surface area contributed by atoms with E-state index in [1.54, 1.807) is 23.5 Å². The van der Waals surface area contributed by atoms with Gasteiger partial charge in [-0.3, -0.25) is 4.79 Å². The van der Waals surface area contributed by atoms with Gasteiger partial charge in [0, 0.05) is 9.75 Å². The summed E-state index contributed by atoms with van der Waals surface area (Å²) in [5, 5.41) is 0. The molecule has 0 saturated heterocycles. The highest BCUT2D eigenvalue weighted by molar-refractivity contribution is 7.12. The minimum Gasteiger partial charge on any atom is -0.290 e. The van der Waals surface area contributed by atoms with Crippen LogP contribution in [0.5, 0.6) is 0 Å². The summed E-state index contributed by atoms with van der Waals surface area (Å²) in [5.41, 5.74) is 1.03. The topological polar surface area (TPSA) is 17.1 Å². The summed E-state index contributed by atoms with van der Waals surface area (Å²) in [6, 6.07) is 13.9. The molecule has 1 aromatic carbocycles. The van der Waals surface area contributed by atoms with Crippen LogP contribution in [-0.4, -0.2) is 5.78 Å². The Labute approximate surface area is 111 Å². The van der Waals surface area contributed by atoms with Crippen molar-refractivity contribution in [1.82, 2.24) is 0 Å². The van der Waals surface area contributed by atoms with Crippen molar-refractivity contribution in [3.8, 4) is 0 Å². The molecule has 0 amide bonds. The van der Waals surface area contributed by atoms with Crippen molar-refractivity contribution in [1.29, 1.82) is 0 Å². The van der Waals surface area contributed by atoms with Gasteiger partial charge in [-0.1, -0.05) is 36.4 Å². The van der Waals surface area contributed by atoms with Crippen LogP contribution < -0.4 is 0 Å². The van der Waals surface area contributed by atoms with E-state index < -0.39 is 0 Å². The summed E-state index contributed by atoms with van der Waals surface area (Å²) in [5.74, 6) is 0.00454. The molecule has 1 nitrogen and oxygen atoms in total. The molecule has 1 aromatic heterocycles. The average molecular weight is 254 g/mol. The maximum Gasteiger partial charge on any atom is 0.178 e. The molecule has 2 aromatic rings. The number of hydrogen-bond acceptors (Lipinski definition) is 2. The van der Waals surface area contributed by atoms with Gasteiger partial charge in [0.25, 0.3) is 0 Å². The van der Waals surface area contributed by atoms with Crippen LogP contribution in [0, 0.1) is 6.92 Å². The van der Waals surface area contributed by atoms with E-state index in [0.717, 1.165) is 10.4 Å². The number of thiophene rings is 1. The SMILES string of the molecule is Cc1ccc(/C=C/C(=O)/C=C/c2ccccc2)s1. The van der Waals surface area contributed by atoms with Crippen LogP contribution in [-0.2, 0) is 4.79 Å². The largest absolute Gasteiger partial charge is 0.290 e. The quantitative estimate of drug-likeness (QED) is 0.741. The highest BCUT2D eigenvalue weighted by Crippen LogP contribution is 2.16. The van der Waals surface area contributed by atoms with Gasteiger partial charge in [0.1, 0.15) is 0 Å². The van der Waals surface area contributed by atoms with E-state index in [1.807, 2.05) is 48.6 Å². The maximum absolute atomic E-state index is 11.6.